The molecule has 0 saturated carbocycles. The van der Waals surface area contributed by atoms with Crippen molar-refractivity contribution >= 4 is 29.1 Å². The molecule has 0 aliphatic heterocycles. The van der Waals surface area contributed by atoms with Crippen LogP contribution in [0.5, 0.6) is 5.75 Å². The molecule has 0 fully saturated rings. The van der Waals surface area contributed by atoms with Crippen LogP contribution in [0.4, 0.5) is 5.69 Å². The molecule has 0 spiro atoms. The number of benzene rings is 2. The van der Waals surface area contributed by atoms with Crippen LogP contribution in [0.2, 0.25) is 5.02 Å². The average Bonchev–Trinajstić information content (AvgIpc) is 2.58. The van der Waals surface area contributed by atoms with Crippen LogP contribution in [-0.2, 0) is 9.59 Å². The number of ether oxygens (including phenoxy) is 1. The first-order valence-electron chi connectivity index (χ1n) is 8.34. The van der Waals surface area contributed by atoms with E-state index in [9.17, 15) is 9.59 Å². The highest BCUT2D eigenvalue weighted by Gasteiger charge is 2.17. The predicted octanol–water partition coefficient (Wildman–Crippen LogP) is 3.79. The fraction of sp³-hybridized carbons (Fsp3) is 0.300. The summed E-state index contributed by atoms with van der Waals surface area (Å²) in [4.78, 5) is 24.3. The third-order valence-electron chi connectivity index (χ3n) is 3.98. The second-order valence-corrected chi connectivity index (χ2v) is 6.64. The summed E-state index contributed by atoms with van der Waals surface area (Å²) in [5, 5.41) is 6.03. The van der Waals surface area contributed by atoms with Crippen LogP contribution >= 0.6 is 11.6 Å². The van der Waals surface area contributed by atoms with Crippen molar-refractivity contribution in [3.05, 3.63) is 58.1 Å². The van der Waals surface area contributed by atoms with Crippen LogP contribution in [0.15, 0.2) is 36.4 Å². The molecule has 1 unspecified atom stereocenters. The molecule has 0 heterocycles. The maximum absolute atomic E-state index is 12.2. The molecular formula is C20H23ClN2O3. The fourth-order valence-electron chi connectivity index (χ4n) is 2.50. The van der Waals surface area contributed by atoms with E-state index >= 15 is 0 Å². The third kappa shape index (κ3) is 5.23. The summed E-state index contributed by atoms with van der Waals surface area (Å²) in [5.74, 6) is -0.0707. The highest BCUT2D eigenvalue weighted by Crippen LogP contribution is 2.23. The van der Waals surface area contributed by atoms with Crippen molar-refractivity contribution in [1.29, 1.82) is 0 Å². The van der Waals surface area contributed by atoms with Gasteiger partial charge in [0.2, 0.25) is 5.91 Å². The molecule has 0 radical (unpaired) electrons. The first-order chi connectivity index (χ1) is 12.3. The van der Waals surface area contributed by atoms with Gasteiger partial charge in [-0.15, -0.1) is 0 Å². The number of hydrogen-bond acceptors (Lipinski definition) is 3. The zero-order valence-corrected chi connectivity index (χ0v) is 16.1. The number of rotatable bonds is 6. The first-order valence-corrected chi connectivity index (χ1v) is 8.72. The van der Waals surface area contributed by atoms with Crippen LogP contribution in [-0.4, -0.2) is 24.5 Å². The normalized spacial score (nSPS) is 11.6. The summed E-state index contributed by atoms with van der Waals surface area (Å²) >= 11 is 5.91. The van der Waals surface area contributed by atoms with Gasteiger partial charge < -0.3 is 15.4 Å². The number of carbonyl (C=O) groups is 2. The first kappa shape index (κ1) is 19.8. The van der Waals surface area contributed by atoms with Crippen molar-refractivity contribution in [1.82, 2.24) is 5.32 Å². The molecule has 26 heavy (non-hydrogen) atoms. The second kappa shape index (κ2) is 8.72. The number of hydrogen-bond donors (Lipinski definition) is 2. The van der Waals surface area contributed by atoms with Crippen molar-refractivity contribution < 1.29 is 14.3 Å². The van der Waals surface area contributed by atoms with Gasteiger partial charge in [0.15, 0.2) is 6.10 Å². The zero-order chi connectivity index (χ0) is 19.3. The van der Waals surface area contributed by atoms with Crippen LogP contribution < -0.4 is 15.4 Å². The van der Waals surface area contributed by atoms with E-state index in [0.717, 1.165) is 22.4 Å². The molecule has 0 bridgehead atoms. The second-order valence-electron chi connectivity index (χ2n) is 6.20. The molecule has 2 aromatic carbocycles. The van der Waals surface area contributed by atoms with Crippen molar-refractivity contribution in [3.63, 3.8) is 0 Å². The van der Waals surface area contributed by atoms with E-state index in [1.807, 2.05) is 39.0 Å². The van der Waals surface area contributed by atoms with Crippen LogP contribution in [0.25, 0.3) is 0 Å². The van der Waals surface area contributed by atoms with E-state index in [4.69, 9.17) is 16.3 Å². The van der Waals surface area contributed by atoms with Gasteiger partial charge in [-0.05, 0) is 62.6 Å². The summed E-state index contributed by atoms with van der Waals surface area (Å²) in [7, 11) is 0. The summed E-state index contributed by atoms with van der Waals surface area (Å²) in [6.07, 6.45) is -0.733. The summed E-state index contributed by atoms with van der Waals surface area (Å²) in [5.41, 5.74) is 3.55. The smallest absolute Gasteiger partial charge is 0.261 e. The lowest BCUT2D eigenvalue weighted by Gasteiger charge is -2.17. The molecule has 5 nitrogen and oxygen atoms in total. The highest BCUT2D eigenvalue weighted by molar-refractivity contribution is 6.30. The number of anilines is 1. The molecule has 0 saturated heterocycles. The van der Waals surface area contributed by atoms with Crippen molar-refractivity contribution in [2.45, 2.75) is 33.8 Å². The van der Waals surface area contributed by atoms with E-state index < -0.39 is 6.10 Å². The molecule has 0 aromatic heterocycles. The zero-order valence-electron chi connectivity index (χ0n) is 15.4. The van der Waals surface area contributed by atoms with Gasteiger partial charge in [-0.25, -0.2) is 0 Å². The maximum Gasteiger partial charge on any atom is 0.261 e. The van der Waals surface area contributed by atoms with E-state index in [0.29, 0.717) is 10.8 Å². The van der Waals surface area contributed by atoms with Gasteiger partial charge in [0.05, 0.1) is 6.54 Å². The Bertz CT molecular complexity index is 800. The Labute approximate surface area is 158 Å². The van der Waals surface area contributed by atoms with Gasteiger partial charge >= 0.3 is 0 Å². The lowest BCUT2D eigenvalue weighted by molar-refractivity contribution is -0.129. The topological polar surface area (TPSA) is 67.4 Å². The molecule has 138 valence electrons. The lowest BCUT2D eigenvalue weighted by atomic mass is 10.1. The Morgan fingerprint density at radius 2 is 1.73 bits per heavy atom. The SMILES string of the molecule is Cc1cc(Cl)ccc1OC(C)C(=O)NCC(=O)Nc1c(C)cccc1C. The Kier molecular flexibility index (Phi) is 6.64. The van der Waals surface area contributed by atoms with Gasteiger partial charge in [0.25, 0.3) is 5.91 Å². The minimum Gasteiger partial charge on any atom is -0.481 e. The highest BCUT2D eigenvalue weighted by atomic mass is 35.5. The lowest BCUT2D eigenvalue weighted by Crippen LogP contribution is -2.40. The molecule has 2 aromatic rings. The molecule has 6 heteroatoms. The van der Waals surface area contributed by atoms with E-state index in [1.54, 1.807) is 25.1 Å². The summed E-state index contributed by atoms with van der Waals surface area (Å²) in [6.45, 7) is 7.20. The Hall–Kier alpha value is -2.53. The van der Waals surface area contributed by atoms with E-state index in [-0.39, 0.29) is 18.4 Å². The summed E-state index contributed by atoms with van der Waals surface area (Å²) in [6, 6.07) is 11.0. The van der Waals surface area contributed by atoms with E-state index in [1.165, 1.54) is 0 Å². The minimum absolute atomic E-state index is 0.125. The van der Waals surface area contributed by atoms with Gasteiger partial charge in [0, 0.05) is 10.7 Å². The Morgan fingerprint density at radius 1 is 1.08 bits per heavy atom. The molecule has 2 rings (SSSR count). The minimum atomic E-state index is -0.733. The molecular weight excluding hydrogens is 352 g/mol. The van der Waals surface area contributed by atoms with Gasteiger partial charge in [-0.2, -0.15) is 0 Å². The third-order valence-corrected chi connectivity index (χ3v) is 4.21. The van der Waals surface area contributed by atoms with Crippen LogP contribution in [0.3, 0.4) is 0 Å². The number of para-hydroxylation sites is 1. The summed E-state index contributed by atoms with van der Waals surface area (Å²) < 4.78 is 5.65. The quantitative estimate of drug-likeness (QED) is 0.808. The van der Waals surface area contributed by atoms with Crippen molar-refractivity contribution in [2.24, 2.45) is 0 Å². The molecule has 0 aliphatic rings. The number of amides is 2. The van der Waals surface area contributed by atoms with Crippen molar-refractivity contribution in [3.8, 4) is 5.75 Å². The molecule has 2 amide bonds. The monoisotopic (exact) mass is 374 g/mol. The van der Waals surface area contributed by atoms with Crippen LogP contribution in [0, 0.1) is 20.8 Å². The van der Waals surface area contributed by atoms with E-state index in [2.05, 4.69) is 10.6 Å². The average molecular weight is 375 g/mol. The Balaban J connectivity index is 1.88. The Morgan fingerprint density at radius 3 is 2.35 bits per heavy atom. The number of carbonyl (C=O) groups excluding carboxylic acids is 2. The standard InChI is InChI=1S/C20H23ClN2O3/c1-12-6-5-7-13(2)19(12)23-18(24)11-22-20(25)15(4)26-17-9-8-16(21)10-14(17)3/h5-10,15H,11H2,1-4H3,(H,22,25)(H,23,24). The maximum atomic E-state index is 12.2. The molecule has 2 N–H and O–H groups in total. The fourth-order valence-corrected chi connectivity index (χ4v) is 2.72. The number of aryl methyl sites for hydroxylation is 3. The number of nitrogens with one attached hydrogen (secondary N) is 2. The van der Waals surface area contributed by atoms with Gasteiger partial charge in [-0.1, -0.05) is 29.8 Å². The van der Waals surface area contributed by atoms with Crippen LogP contribution in [0.1, 0.15) is 23.6 Å². The van der Waals surface area contributed by atoms with Gasteiger partial charge in [-0.3, -0.25) is 9.59 Å². The largest absolute Gasteiger partial charge is 0.481 e. The van der Waals surface area contributed by atoms with Crippen molar-refractivity contribution in [2.75, 3.05) is 11.9 Å². The number of halogens is 1. The van der Waals surface area contributed by atoms with Gasteiger partial charge in [0.1, 0.15) is 5.75 Å². The molecule has 0 aliphatic carbocycles. The predicted molar refractivity (Wildman–Crippen MR) is 104 cm³/mol. The molecule has 1 atom stereocenters.